The zero-order chi connectivity index (χ0) is 20.8. The fourth-order valence-corrected chi connectivity index (χ4v) is 4.54. The first-order valence-electron chi connectivity index (χ1n) is 10.2. The Balaban J connectivity index is 1.57. The molecule has 29 heavy (non-hydrogen) atoms. The molecule has 1 atom stereocenters. The van der Waals surface area contributed by atoms with Gasteiger partial charge in [-0.2, -0.15) is 0 Å². The minimum atomic E-state index is -0.161. The predicted octanol–water partition coefficient (Wildman–Crippen LogP) is 5.00. The summed E-state index contributed by atoms with van der Waals surface area (Å²) in [4.78, 5) is 27.2. The van der Waals surface area contributed by atoms with Crippen molar-refractivity contribution in [1.29, 1.82) is 0 Å². The highest BCUT2D eigenvalue weighted by Crippen LogP contribution is 2.29. The fourth-order valence-electron chi connectivity index (χ4n) is 3.59. The second kappa shape index (κ2) is 10.2. The number of amides is 2. The number of nitrogens with one attached hydrogen (secondary N) is 1. The smallest absolute Gasteiger partial charge is 0.227 e. The van der Waals surface area contributed by atoms with Gasteiger partial charge in [0, 0.05) is 35.5 Å². The van der Waals surface area contributed by atoms with Crippen LogP contribution in [0.4, 0.5) is 5.13 Å². The van der Waals surface area contributed by atoms with E-state index in [4.69, 9.17) is 11.6 Å². The molecule has 1 aliphatic carbocycles. The average Bonchev–Trinajstić information content (AvgIpc) is 3.40. The lowest BCUT2D eigenvalue weighted by atomic mass is 10.0. The number of carbonyl (C=O) groups is 2. The number of nitrogens with zero attached hydrogens (tertiary/aromatic N) is 3. The molecule has 3 rings (SSSR count). The van der Waals surface area contributed by atoms with Crippen LogP contribution < -0.4 is 5.32 Å². The van der Waals surface area contributed by atoms with Crippen LogP contribution >= 0.6 is 22.9 Å². The van der Waals surface area contributed by atoms with E-state index >= 15 is 0 Å². The first-order chi connectivity index (χ1) is 14.0. The highest BCUT2D eigenvalue weighted by molar-refractivity contribution is 7.18. The van der Waals surface area contributed by atoms with Crippen molar-refractivity contribution in [3.8, 4) is 10.6 Å². The topological polar surface area (TPSA) is 75.2 Å². The Morgan fingerprint density at radius 2 is 2.07 bits per heavy atom. The van der Waals surface area contributed by atoms with Crippen LogP contribution in [0.3, 0.4) is 0 Å². The Morgan fingerprint density at radius 1 is 1.31 bits per heavy atom. The summed E-state index contributed by atoms with van der Waals surface area (Å²) in [6.45, 7) is 4.54. The van der Waals surface area contributed by atoms with Gasteiger partial charge in [0.2, 0.25) is 16.9 Å². The molecule has 1 heterocycles. The normalized spacial score (nSPS) is 15.3. The zero-order valence-corrected chi connectivity index (χ0v) is 18.4. The van der Waals surface area contributed by atoms with Gasteiger partial charge in [-0.3, -0.25) is 9.59 Å². The minimum absolute atomic E-state index is 0.121. The van der Waals surface area contributed by atoms with Crippen LogP contribution in [0.25, 0.3) is 10.6 Å². The Hall–Kier alpha value is -1.99. The van der Waals surface area contributed by atoms with E-state index in [9.17, 15) is 9.59 Å². The average molecular weight is 435 g/mol. The number of benzene rings is 1. The molecule has 0 bridgehead atoms. The maximum absolute atomic E-state index is 12.9. The van der Waals surface area contributed by atoms with Crippen molar-refractivity contribution in [1.82, 2.24) is 15.1 Å². The molecule has 1 N–H and O–H groups in total. The van der Waals surface area contributed by atoms with E-state index in [0.717, 1.165) is 37.7 Å². The van der Waals surface area contributed by atoms with E-state index in [0.29, 0.717) is 21.7 Å². The molecular formula is C21H27ClN4O2S. The fraction of sp³-hybridized carbons (Fsp3) is 0.524. The molecule has 1 aliphatic rings. The summed E-state index contributed by atoms with van der Waals surface area (Å²) in [7, 11) is 0. The summed E-state index contributed by atoms with van der Waals surface area (Å²) in [6, 6.07) is 7.49. The number of aromatic nitrogens is 2. The van der Waals surface area contributed by atoms with Crippen molar-refractivity contribution in [3.63, 3.8) is 0 Å². The van der Waals surface area contributed by atoms with E-state index in [2.05, 4.69) is 22.4 Å². The van der Waals surface area contributed by atoms with Crippen LogP contribution in [0, 0.1) is 5.92 Å². The summed E-state index contributed by atoms with van der Waals surface area (Å²) >= 11 is 7.32. The van der Waals surface area contributed by atoms with E-state index in [1.807, 2.05) is 30.0 Å². The second-order valence-electron chi connectivity index (χ2n) is 7.49. The Bertz CT molecular complexity index is 851. The van der Waals surface area contributed by atoms with Crippen molar-refractivity contribution in [2.75, 3.05) is 11.9 Å². The molecule has 2 aromatic rings. The van der Waals surface area contributed by atoms with E-state index in [1.165, 1.54) is 11.3 Å². The molecule has 8 heteroatoms. The summed E-state index contributed by atoms with van der Waals surface area (Å²) in [5.74, 6) is 0.158. The Morgan fingerprint density at radius 3 is 2.76 bits per heavy atom. The van der Waals surface area contributed by atoms with Crippen molar-refractivity contribution < 1.29 is 9.59 Å². The Labute approximate surface area is 180 Å². The lowest BCUT2D eigenvalue weighted by Crippen LogP contribution is -2.43. The molecule has 0 aliphatic heterocycles. The molecule has 1 aromatic heterocycles. The highest BCUT2D eigenvalue weighted by Gasteiger charge is 2.29. The summed E-state index contributed by atoms with van der Waals surface area (Å²) in [5, 5.41) is 12.7. The van der Waals surface area contributed by atoms with Gasteiger partial charge >= 0.3 is 0 Å². The standard InChI is InChI=1S/C21H27ClN4O2S/c1-3-14(2)26(20(28)15-7-4-5-8-15)12-11-18(27)23-21-25-24-19(29-21)16-9-6-10-17(22)13-16/h6,9-10,13-15H,3-5,7-8,11-12H2,1-2H3,(H,23,25,27). The predicted molar refractivity (Wildman–Crippen MR) is 117 cm³/mol. The molecule has 6 nitrogen and oxygen atoms in total. The van der Waals surface area contributed by atoms with Crippen LogP contribution in [0.1, 0.15) is 52.4 Å². The number of hydrogen-bond donors (Lipinski definition) is 1. The van der Waals surface area contributed by atoms with Gasteiger partial charge in [0.1, 0.15) is 5.01 Å². The zero-order valence-electron chi connectivity index (χ0n) is 16.9. The third kappa shape index (κ3) is 5.76. The summed E-state index contributed by atoms with van der Waals surface area (Å²) in [6.07, 6.45) is 5.30. The van der Waals surface area contributed by atoms with Crippen LogP contribution in [0.2, 0.25) is 5.02 Å². The SMILES string of the molecule is CCC(C)N(CCC(=O)Nc1nnc(-c2cccc(Cl)c2)s1)C(=O)C1CCCC1. The van der Waals surface area contributed by atoms with Crippen molar-refractivity contribution in [2.24, 2.45) is 5.92 Å². The first-order valence-corrected chi connectivity index (χ1v) is 11.4. The highest BCUT2D eigenvalue weighted by atomic mass is 35.5. The van der Waals surface area contributed by atoms with E-state index in [-0.39, 0.29) is 30.2 Å². The molecule has 1 fully saturated rings. The van der Waals surface area contributed by atoms with Crippen LogP contribution in [0.15, 0.2) is 24.3 Å². The van der Waals surface area contributed by atoms with E-state index in [1.54, 1.807) is 6.07 Å². The number of carbonyl (C=O) groups excluding carboxylic acids is 2. The molecule has 1 unspecified atom stereocenters. The number of hydrogen-bond acceptors (Lipinski definition) is 5. The second-order valence-corrected chi connectivity index (χ2v) is 8.91. The number of anilines is 1. The number of halogens is 1. The molecule has 2 amide bonds. The van der Waals surface area contributed by atoms with Crippen molar-refractivity contribution in [2.45, 2.75) is 58.4 Å². The van der Waals surface area contributed by atoms with E-state index < -0.39 is 0 Å². The first kappa shape index (κ1) is 21.7. The van der Waals surface area contributed by atoms with Gasteiger partial charge in [-0.05, 0) is 38.3 Å². The quantitative estimate of drug-likeness (QED) is 0.634. The van der Waals surface area contributed by atoms with Gasteiger partial charge in [-0.1, -0.05) is 54.8 Å². The number of rotatable bonds is 8. The van der Waals surface area contributed by atoms with Gasteiger partial charge in [0.15, 0.2) is 0 Å². The maximum Gasteiger partial charge on any atom is 0.227 e. The lowest BCUT2D eigenvalue weighted by molar-refractivity contribution is -0.137. The lowest BCUT2D eigenvalue weighted by Gasteiger charge is -2.30. The van der Waals surface area contributed by atoms with Crippen molar-refractivity contribution in [3.05, 3.63) is 29.3 Å². The molecule has 0 radical (unpaired) electrons. The largest absolute Gasteiger partial charge is 0.339 e. The maximum atomic E-state index is 12.9. The molecular weight excluding hydrogens is 408 g/mol. The van der Waals surface area contributed by atoms with Gasteiger partial charge in [0.05, 0.1) is 0 Å². The molecule has 156 valence electrons. The third-order valence-corrected chi connectivity index (χ3v) is 6.56. The Kier molecular flexibility index (Phi) is 7.61. The monoisotopic (exact) mass is 434 g/mol. The third-order valence-electron chi connectivity index (χ3n) is 5.43. The summed E-state index contributed by atoms with van der Waals surface area (Å²) in [5.41, 5.74) is 0.862. The van der Waals surface area contributed by atoms with Crippen LogP contribution in [0.5, 0.6) is 0 Å². The molecule has 1 aromatic carbocycles. The molecule has 0 spiro atoms. The van der Waals surface area contributed by atoms with Gasteiger partial charge < -0.3 is 10.2 Å². The van der Waals surface area contributed by atoms with Gasteiger partial charge in [-0.15, -0.1) is 10.2 Å². The van der Waals surface area contributed by atoms with Gasteiger partial charge in [-0.25, -0.2) is 0 Å². The molecule has 1 saturated carbocycles. The summed E-state index contributed by atoms with van der Waals surface area (Å²) < 4.78 is 0. The molecule has 0 saturated heterocycles. The van der Waals surface area contributed by atoms with Crippen LogP contribution in [-0.4, -0.2) is 39.5 Å². The minimum Gasteiger partial charge on any atom is -0.339 e. The van der Waals surface area contributed by atoms with Crippen LogP contribution in [-0.2, 0) is 9.59 Å². The van der Waals surface area contributed by atoms with Crippen molar-refractivity contribution >= 4 is 39.9 Å². The van der Waals surface area contributed by atoms with Gasteiger partial charge in [0.25, 0.3) is 0 Å².